The first kappa shape index (κ1) is 18.4. The van der Waals surface area contributed by atoms with E-state index in [1.807, 2.05) is 6.07 Å². The summed E-state index contributed by atoms with van der Waals surface area (Å²) in [5.41, 5.74) is 2.11. The van der Waals surface area contributed by atoms with E-state index in [1.54, 1.807) is 51.5 Å². The standard InChI is InChI=1S/C20H20FN3O3/c1-13-15(12-23-24(13)17-7-5-4-6-16(17)21)20(25)22-11-14-8-9-18(26-2)19(10-14)27-3/h4-10,12H,11H2,1-3H3,(H,22,25). The quantitative estimate of drug-likeness (QED) is 0.724. The molecule has 0 aliphatic rings. The van der Waals surface area contributed by atoms with Gasteiger partial charge < -0.3 is 14.8 Å². The number of methoxy groups -OCH3 is 2. The Morgan fingerprint density at radius 3 is 2.59 bits per heavy atom. The molecule has 27 heavy (non-hydrogen) atoms. The minimum absolute atomic E-state index is 0.287. The normalized spacial score (nSPS) is 10.5. The van der Waals surface area contributed by atoms with Gasteiger partial charge in [-0.1, -0.05) is 18.2 Å². The molecule has 6 nitrogen and oxygen atoms in total. The van der Waals surface area contributed by atoms with E-state index in [0.29, 0.717) is 35.0 Å². The van der Waals surface area contributed by atoms with Crippen molar-refractivity contribution in [2.75, 3.05) is 14.2 Å². The van der Waals surface area contributed by atoms with Crippen molar-refractivity contribution in [2.24, 2.45) is 0 Å². The number of amides is 1. The summed E-state index contributed by atoms with van der Waals surface area (Å²) in [4.78, 5) is 12.5. The highest BCUT2D eigenvalue weighted by molar-refractivity contribution is 5.95. The highest BCUT2D eigenvalue weighted by Gasteiger charge is 2.16. The number of carbonyl (C=O) groups excluding carboxylic acids is 1. The molecule has 0 radical (unpaired) electrons. The van der Waals surface area contributed by atoms with Gasteiger partial charge in [0.15, 0.2) is 11.5 Å². The summed E-state index contributed by atoms with van der Waals surface area (Å²) in [6.07, 6.45) is 1.44. The van der Waals surface area contributed by atoms with E-state index in [2.05, 4.69) is 10.4 Å². The average Bonchev–Trinajstić information content (AvgIpc) is 3.07. The Morgan fingerprint density at radius 1 is 1.15 bits per heavy atom. The van der Waals surface area contributed by atoms with Crippen molar-refractivity contribution in [3.63, 3.8) is 0 Å². The van der Waals surface area contributed by atoms with Crippen molar-refractivity contribution in [1.29, 1.82) is 0 Å². The minimum Gasteiger partial charge on any atom is -0.493 e. The molecule has 140 valence electrons. The van der Waals surface area contributed by atoms with Gasteiger partial charge in [0.05, 0.1) is 31.7 Å². The number of ether oxygens (including phenoxy) is 2. The summed E-state index contributed by atoms with van der Waals surface area (Å²) in [6.45, 7) is 2.04. The molecule has 0 bridgehead atoms. The zero-order chi connectivity index (χ0) is 19.4. The number of para-hydroxylation sites is 1. The summed E-state index contributed by atoms with van der Waals surface area (Å²) in [6, 6.07) is 11.7. The molecule has 0 atom stereocenters. The van der Waals surface area contributed by atoms with Crippen molar-refractivity contribution in [3.05, 3.63) is 71.3 Å². The zero-order valence-electron chi connectivity index (χ0n) is 15.3. The van der Waals surface area contributed by atoms with Crippen LogP contribution in [0.2, 0.25) is 0 Å². The van der Waals surface area contributed by atoms with E-state index in [9.17, 15) is 9.18 Å². The molecule has 0 unspecified atom stereocenters. The highest BCUT2D eigenvalue weighted by Crippen LogP contribution is 2.27. The van der Waals surface area contributed by atoms with E-state index in [-0.39, 0.29) is 5.91 Å². The lowest BCUT2D eigenvalue weighted by atomic mass is 10.2. The van der Waals surface area contributed by atoms with Gasteiger partial charge in [-0.2, -0.15) is 5.10 Å². The molecular weight excluding hydrogens is 349 g/mol. The van der Waals surface area contributed by atoms with Gasteiger partial charge in [-0.05, 0) is 36.8 Å². The molecule has 7 heteroatoms. The van der Waals surface area contributed by atoms with Crippen molar-refractivity contribution < 1.29 is 18.7 Å². The van der Waals surface area contributed by atoms with E-state index >= 15 is 0 Å². The zero-order valence-corrected chi connectivity index (χ0v) is 15.3. The fraction of sp³-hybridized carbons (Fsp3) is 0.200. The van der Waals surface area contributed by atoms with Crippen molar-refractivity contribution >= 4 is 5.91 Å². The first-order valence-electron chi connectivity index (χ1n) is 8.33. The van der Waals surface area contributed by atoms with Crippen LogP contribution in [0.5, 0.6) is 11.5 Å². The number of carbonyl (C=O) groups is 1. The Bertz CT molecular complexity index is 969. The topological polar surface area (TPSA) is 65.4 Å². The average molecular weight is 369 g/mol. The molecule has 3 rings (SSSR count). The third kappa shape index (κ3) is 3.76. The van der Waals surface area contributed by atoms with Gasteiger partial charge in [0.2, 0.25) is 0 Å². The van der Waals surface area contributed by atoms with Crippen molar-refractivity contribution in [1.82, 2.24) is 15.1 Å². The molecule has 2 aromatic carbocycles. The van der Waals surface area contributed by atoms with Crippen LogP contribution in [-0.4, -0.2) is 29.9 Å². The summed E-state index contributed by atoms with van der Waals surface area (Å²) in [7, 11) is 3.12. The molecule has 1 aromatic heterocycles. The molecule has 3 aromatic rings. The summed E-state index contributed by atoms with van der Waals surface area (Å²) in [5, 5.41) is 6.99. The molecule has 0 saturated carbocycles. The fourth-order valence-corrected chi connectivity index (χ4v) is 2.77. The second kappa shape index (κ2) is 7.90. The molecule has 1 heterocycles. The van der Waals surface area contributed by atoms with Crippen LogP contribution in [0.25, 0.3) is 5.69 Å². The van der Waals surface area contributed by atoms with Crippen LogP contribution in [0.1, 0.15) is 21.6 Å². The maximum Gasteiger partial charge on any atom is 0.255 e. The fourth-order valence-electron chi connectivity index (χ4n) is 2.77. The molecule has 0 aliphatic carbocycles. The van der Waals surface area contributed by atoms with Gasteiger partial charge >= 0.3 is 0 Å². The van der Waals surface area contributed by atoms with Crippen LogP contribution >= 0.6 is 0 Å². The predicted molar refractivity (Wildman–Crippen MR) is 99.0 cm³/mol. The lowest BCUT2D eigenvalue weighted by Gasteiger charge is -2.10. The summed E-state index contributed by atoms with van der Waals surface area (Å²) < 4.78 is 25.9. The number of hydrogen-bond donors (Lipinski definition) is 1. The Hall–Kier alpha value is -3.35. The molecule has 1 N–H and O–H groups in total. The Morgan fingerprint density at radius 2 is 1.89 bits per heavy atom. The largest absolute Gasteiger partial charge is 0.493 e. The third-order valence-electron chi connectivity index (χ3n) is 4.24. The van der Waals surface area contributed by atoms with Gasteiger partial charge in [0.25, 0.3) is 5.91 Å². The van der Waals surface area contributed by atoms with E-state index in [0.717, 1.165) is 5.56 Å². The lowest BCUT2D eigenvalue weighted by Crippen LogP contribution is -2.23. The first-order valence-corrected chi connectivity index (χ1v) is 8.33. The van der Waals surface area contributed by atoms with Crippen LogP contribution in [0, 0.1) is 12.7 Å². The first-order chi connectivity index (χ1) is 13.0. The summed E-state index contributed by atoms with van der Waals surface area (Å²) in [5.74, 6) is 0.522. The molecule has 0 saturated heterocycles. The Balaban J connectivity index is 1.75. The number of rotatable bonds is 6. The Labute approximate surface area is 156 Å². The van der Waals surface area contributed by atoms with Gasteiger partial charge in [0, 0.05) is 6.54 Å². The van der Waals surface area contributed by atoms with Crippen LogP contribution in [0.3, 0.4) is 0 Å². The number of halogens is 1. The molecule has 0 fully saturated rings. The number of aromatic nitrogens is 2. The number of hydrogen-bond acceptors (Lipinski definition) is 4. The predicted octanol–water partition coefficient (Wildman–Crippen LogP) is 3.27. The molecule has 1 amide bonds. The van der Waals surface area contributed by atoms with Crippen molar-refractivity contribution in [3.8, 4) is 17.2 Å². The maximum atomic E-state index is 14.0. The monoisotopic (exact) mass is 369 g/mol. The van der Waals surface area contributed by atoms with Gasteiger partial charge in [-0.25, -0.2) is 9.07 Å². The van der Waals surface area contributed by atoms with Gasteiger partial charge in [-0.3, -0.25) is 4.79 Å². The second-order valence-corrected chi connectivity index (χ2v) is 5.88. The second-order valence-electron chi connectivity index (χ2n) is 5.88. The van der Waals surface area contributed by atoms with Gasteiger partial charge in [-0.15, -0.1) is 0 Å². The molecular formula is C20H20FN3O3. The highest BCUT2D eigenvalue weighted by atomic mass is 19.1. The molecule has 0 spiro atoms. The lowest BCUT2D eigenvalue weighted by molar-refractivity contribution is 0.0950. The number of nitrogens with one attached hydrogen (secondary N) is 1. The van der Waals surface area contributed by atoms with E-state index in [1.165, 1.54) is 16.9 Å². The van der Waals surface area contributed by atoms with Gasteiger partial charge in [0.1, 0.15) is 11.5 Å². The smallest absolute Gasteiger partial charge is 0.255 e. The van der Waals surface area contributed by atoms with E-state index < -0.39 is 5.82 Å². The third-order valence-corrected chi connectivity index (χ3v) is 4.24. The SMILES string of the molecule is COc1ccc(CNC(=O)c2cnn(-c3ccccc3F)c2C)cc1OC. The van der Waals surface area contributed by atoms with Crippen LogP contribution < -0.4 is 14.8 Å². The van der Waals surface area contributed by atoms with Crippen LogP contribution in [0.15, 0.2) is 48.7 Å². The Kier molecular flexibility index (Phi) is 5.40. The summed E-state index contributed by atoms with van der Waals surface area (Å²) >= 11 is 0. The number of benzene rings is 2. The van der Waals surface area contributed by atoms with Crippen molar-refractivity contribution in [2.45, 2.75) is 13.5 Å². The maximum absolute atomic E-state index is 14.0. The number of nitrogens with zero attached hydrogens (tertiary/aromatic N) is 2. The minimum atomic E-state index is -0.402. The molecule has 0 aliphatic heterocycles. The van der Waals surface area contributed by atoms with Crippen LogP contribution in [-0.2, 0) is 6.54 Å². The van der Waals surface area contributed by atoms with Crippen LogP contribution in [0.4, 0.5) is 4.39 Å². The van der Waals surface area contributed by atoms with E-state index in [4.69, 9.17) is 9.47 Å².